The van der Waals surface area contributed by atoms with Crippen molar-refractivity contribution >= 4 is 33.2 Å². The van der Waals surface area contributed by atoms with E-state index in [0.29, 0.717) is 16.3 Å². The molecule has 1 N–H and O–H groups in total. The van der Waals surface area contributed by atoms with E-state index in [1.165, 1.54) is 0 Å². The summed E-state index contributed by atoms with van der Waals surface area (Å²) in [6, 6.07) is 12.4. The Labute approximate surface area is 165 Å². The molecule has 0 bridgehead atoms. The first-order valence-corrected chi connectivity index (χ1v) is 10.6. The molecule has 0 aliphatic carbocycles. The Hall–Kier alpha value is -2.25. The van der Waals surface area contributed by atoms with Gasteiger partial charge in [-0.05, 0) is 55.3 Å². The molecule has 0 aliphatic rings. The minimum absolute atomic E-state index is 0.268. The SMILES string of the molecule is Cc1cccc(OCCNC(=O)CN(c2ccc(Cl)cc2C)S(C)(=O)=O)c1. The Kier molecular flexibility index (Phi) is 7.10. The fraction of sp³-hybridized carbons (Fsp3) is 0.316. The van der Waals surface area contributed by atoms with Crippen LogP contribution in [0.25, 0.3) is 0 Å². The molecule has 146 valence electrons. The normalized spacial score (nSPS) is 11.1. The predicted octanol–water partition coefficient (Wildman–Crippen LogP) is 2.92. The van der Waals surface area contributed by atoms with Crippen LogP contribution >= 0.6 is 11.6 Å². The molecule has 2 rings (SSSR count). The van der Waals surface area contributed by atoms with Crippen LogP contribution < -0.4 is 14.4 Å². The van der Waals surface area contributed by atoms with Crippen LogP contribution in [0.5, 0.6) is 5.75 Å². The van der Waals surface area contributed by atoms with Gasteiger partial charge in [-0.15, -0.1) is 0 Å². The van der Waals surface area contributed by atoms with Gasteiger partial charge in [-0.25, -0.2) is 8.42 Å². The lowest BCUT2D eigenvalue weighted by molar-refractivity contribution is -0.119. The minimum atomic E-state index is -3.63. The van der Waals surface area contributed by atoms with Gasteiger partial charge in [-0.3, -0.25) is 9.10 Å². The number of amides is 1. The van der Waals surface area contributed by atoms with Crippen molar-refractivity contribution in [1.29, 1.82) is 0 Å². The van der Waals surface area contributed by atoms with Gasteiger partial charge in [-0.1, -0.05) is 23.7 Å². The maximum absolute atomic E-state index is 12.2. The molecule has 0 aromatic heterocycles. The van der Waals surface area contributed by atoms with E-state index in [9.17, 15) is 13.2 Å². The van der Waals surface area contributed by atoms with Crippen molar-refractivity contribution in [3.8, 4) is 5.75 Å². The van der Waals surface area contributed by atoms with Crippen LogP contribution in [0.15, 0.2) is 42.5 Å². The molecule has 0 saturated carbocycles. The largest absolute Gasteiger partial charge is 0.492 e. The Morgan fingerprint density at radius 3 is 2.56 bits per heavy atom. The second kappa shape index (κ2) is 9.10. The van der Waals surface area contributed by atoms with Crippen molar-refractivity contribution in [2.45, 2.75) is 13.8 Å². The summed E-state index contributed by atoms with van der Waals surface area (Å²) >= 11 is 5.93. The molecular weight excluding hydrogens is 388 g/mol. The topological polar surface area (TPSA) is 75.7 Å². The van der Waals surface area contributed by atoms with Crippen molar-refractivity contribution in [1.82, 2.24) is 5.32 Å². The van der Waals surface area contributed by atoms with Crippen LogP contribution in [0, 0.1) is 13.8 Å². The maximum Gasteiger partial charge on any atom is 0.240 e. The molecule has 27 heavy (non-hydrogen) atoms. The number of nitrogens with one attached hydrogen (secondary N) is 1. The average molecular weight is 411 g/mol. The van der Waals surface area contributed by atoms with Gasteiger partial charge in [0.15, 0.2) is 0 Å². The number of carbonyl (C=O) groups is 1. The zero-order valence-electron chi connectivity index (χ0n) is 15.5. The van der Waals surface area contributed by atoms with E-state index < -0.39 is 15.9 Å². The summed E-state index contributed by atoms with van der Waals surface area (Å²) in [5, 5.41) is 3.18. The number of anilines is 1. The van der Waals surface area contributed by atoms with Crippen molar-refractivity contribution in [2.24, 2.45) is 0 Å². The fourth-order valence-electron chi connectivity index (χ4n) is 2.53. The van der Waals surface area contributed by atoms with Gasteiger partial charge in [0.25, 0.3) is 0 Å². The zero-order valence-corrected chi connectivity index (χ0v) is 17.1. The first-order chi connectivity index (χ1) is 12.7. The number of nitrogens with zero attached hydrogens (tertiary/aromatic N) is 1. The van der Waals surface area contributed by atoms with E-state index >= 15 is 0 Å². The number of carbonyl (C=O) groups excluding carboxylic acids is 1. The Bertz CT molecular complexity index is 916. The monoisotopic (exact) mass is 410 g/mol. The molecular formula is C19H23ClN2O4S. The first-order valence-electron chi connectivity index (χ1n) is 8.37. The lowest BCUT2D eigenvalue weighted by Crippen LogP contribution is -2.41. The van der Waals surface area contributed by atoms with Gasteiger partial charge in [0, 0.05) is 5.02 Å². The number of hydrogen-bond acceptors (Lipinski definition) is 4. The summed E-state index contributed by atoms with van der Waals surface area (Å²) in [5.41, 5.74) is 2.18. The highest BCUT2D eigenvalue weighted by atomic mass is 35.5. The predicted molar refractivity (Wildman–Crippen MR) is 108 cm³/mol. The van der Waals surface area contributed by atoms with Gasteiger partial charge in [-0.2, -0.15) is 0 Å². The summed E-state index contributed by atoms with van der Waals surface area (Å²) in [4.78, 5) is 12.2. The smallest absolute Gasteiger partial charge is 0.240 e. The van der Waals surface area contributed by atoms with E-state index in [-0.39, 0.29) is 19.7 Å². The van der Waals surface area contributed by atoms with Gasteiger partial charge in [0.05, 0.1) is 18.5 Å². The van der Waals surface area contributed by atoms with Crippen molar-refractivity contribution in [3.63, 3.8) is 0 Å². The van der Waals surface area contributed by atoms with E-state index in [0.717, 1.165) is 21.9 Å². The number of ether oxygens (including phenoxy) is 1. The number of hydrogen-bond donors (Lipinski definition) is 1. The van der Waals surface area contributed by atoms with E-state index in [4.69, 9.17) is 16.3 Å². The number of rotatable bonds is 8. The van der Waals surface area contributed by atoms with E-state index in [2.05, 4.69) is 5.32 Å². The quantitative estimate of drug-likeness (QED) is 0.679. The number of benzene rings is 2. The van der Waals surface area contributed by atoms with E-state index in [1.54, 1.807) is 25.1 Å². The second-order valence-corrected chi connectivity index (χ2v) is 8.56. The fourth-order valence-corrected chi connectivity index (χ4v) is 3.67. The summed E-state index contributed by atoms with van der Waals surface area (Å²) < 4.78 is 30.9. The number of sulfonamides is 1. The highest BCUT2D eigenvalue weighted by Crippen LogP contribution is 2.25. The van der Waals surface area contributed by atoms with Gasteiger partial charge >= 0.3 is 0 Å². The molecule has 0 heterocycles. The Morgan fingerprint density at radius 1 is 1.19 bits per heavy atom. The van der Waals surface area contributed by atoms with Crippen LogP contribution in [0.1, 0.15) is 11.1 Å². The third kappa shape index (κ3) is 6.45. The standard InChI is InChI=1S/C19H23ClN2O4S/c1-14-5-4-6-17(11-14)26-10-9-21-19(23)13-22(27(3,24)25)18-8-7-16(20)12-15(18)2/h4-8,11-12H,9-10,13H2,1-3H3,(H,21,23). The van der Waals surface area contributed by atoms with Crippen LogP contribution in [-0.2, 0) is 14.8 Å². The molecule has 0 fully saturated rings. The summed E-state index contributed by atoms with van der Waals surface area (Å²) in [5.74, 6) is 0.307. The van der Waals surface area contributed by atoms with Crippen molar-refractivity contribution in [2.75, 3.05) is 30.3 Å². The molecule has 6 nitrogen and oxygen atoms in total. The summed E-state index contributed by atoms with van der Waals surface area (Å²) in [6.07, 6.45) is 1.06. The first kappa shape index (κ1) is 21.1. The van der Waals surface area contributed by atoms with Crippen molar-refractivity contribution < 1.29 is 17.9 Å². The third-order valence-corrected chi connectivity index (χ3v) is 5.16. The highest BCUT2D eigenvalue weighted by Gasteiger charge is 2.22. The van der Waals surface area contributed by atoms with Gasteiger partial charge < -0.3 is 10.1 Å². The third-order valence-electron chi connectivity index (χ3n) is 3.80. The lowest BCUT2D eigenvalue weighted by Gasteiger charge is -2.23. The van der Waals surface area contributed by atoms with E-state index in [1.807, 2.05) is 31.2 Å². The molecule has 8 heteroatoms. The molecule has 0 atom stereocenters. The molecule has 0 saturated heterocycles. The molecule has 0 radical (unpaired) electrons. The number of halogens is 1. The second-order valence-electron chi connectivity index (χ2n) is 6.22. The average Bonchev–Trinajstić information content (AvgIpc) is 2.56. The van der Waals surface area contributed by atoms with Crippen LogP contribution in [-0.4, -0.2) is 40.3 Å². The van der Waals surface area contributed by atoms with Crippen LogP contribution in [0.2, 0.25) is 5.02 Å². The molecule has 0 spiro atoms. The van der Waals surface area contributed by atoms with Crippen LogP contribution in [0.4, 0.5) is 5.69 Å². The van der Waals surface area contributed by atoms with Crippen LogP contribution in [0.3, 0.4) is 0 Å². The minimum Gasteiger partial charge on any atom is -0.492 e. The molecule has 2 aromatic carbocycles. The molecule has 0 aliphatic heterocycles. The number of aryl methyl sites for hydroxylation is 2. The summed E-state index contributed by atoms with van der Waals surface area (Å²) in [6.45, 7) is 3.95. The van der Waals surface area contributed by atoms with Gasteiger partial charge in [0.1, 0.15) is 18.9 Å². The Balaban J connectivity index is 1.94. The maximum atomic E-state index is 12.2. The lowest BCUT2D eigenvalue weighted by atomic mass is 10.2. The zero-order chi connectivity index (χ0) is 20.0. The molecule has 0 unspecified atom stereocenters. The van der Waals surface area contributed by atoms with Gasteiger partial charge in [0.2, 0.25) is 15.9 Å². The van der Waals surface area contributed by atoms with Crippen molar-refractivity contribution in [3.05, 3.63) is 58.6 Å². The Morgan fingerprint density at radius 2 is 1.93 bits per heavy atom. The highest BCUT2D eigenvalue weighted by molar-refractivity contribution is 7.92. The molecule has 2 aromatic rings. The summed E-state index contributed by atoms with van der Waals surface area (Å²) in [7, 11) is -3.63. The molecule has 1 amide bonds.